The van der Waals surface area contributed by atoms with Gasteiger partial charge in [-0.15, -0.1) is 0 Å². The summed E-state index contributed by atoms with van der Waals surface area (Å²) in [6, 6.07) is 15.2. The highest BCUT2D eigenvalue weighted by atomic mass is 14.1. The molecule has 0 aromatic heterocycles. The van der Waals surface area contributed by atoms with Gasteiger partial charge < -0.3 is 0 Å². The summed E-state index contributed by atoms with van der Waals surface area (Å²) in [5.74, 6) is 0. The fourth-order valence-corrected chi connectivity index (χ4v) is 3.38. The van der Waals surface area contributed by atoms with Gasteiger partial charge in [0, 0.05) is 0 Å². The van der Waals surface area contributed by atoms with Crippen molar-refractivity contribution in [3.63, 3.8) is 0 Å². The van der Waals surface area contributed by atoms with Crippen LogP contribution in [0.15, 0.2) is 85.0 Å². The van der Waals surface area contributed by atoms with E-state index in [0.717, 1.165) is 5.57 Å². The van der Waals surface area contributed by atoms with Crippen LogP contribution in [0, 0.1) is 13.8 Å². The molecule has 0 atom stereocenters. The minimum Gasteiger partial charge on any atom is -0.0990 e. The maximum atomic E-state index is 4.05. The molecular weight excluding hydrogens is 336 g/mol. The summed E-state index contributed by atoms with van der Waals surface area (Å²) in [6.45, 7) is 20.8. The maximum Gasteiger partial charge on any atom is -0.0152 e. The second kappa shape index (κ2) is 9.37. The molecule has 28 heavy (non-hydrogen) atoms. The van der Waals surface area contributed by atoms with Crippen LogP contribution in [-0.2, 0) is 0 Å². The molecule has 0 radical (unpaired) electrons. The van der Waals surface area contributed by atoms with Gasteiger partial charge in [-0.05, 0) is 86.1 Å². The van der Waals surface area contributed by atoms with Crippen molar-refractivity contribution in [2.45, 2.75) is 41.5 Å². The Bertz CT molecular complexity index is 973. The van der Waals surface area contributed by atoms with Gasteiger partial charge in [0.2, 0.25) is 0 Å². The van der Waals surface area contributed by atoms with Crippen LogP contribution in [0.2, 0.25) is 0 Å². The van der Waals surface area contributed by atoms with E-state index in [1.165, 1.54) is 50.1 Å². The Morgan fingerprint density at radius 3 is 2.00 bits per heavy atom. The fourth-order valence-electron chi connectivity index (χ4n) is 3.38. The SMILES string of the molecule is C=C\C=C(/C(C)=C(C)/C=C(\C)c1ccc(C(=C)C)cc1C)c1ccc(C)cc1. The lowest BCUT2D eigenvalue weighted by atomic mass is 9.92. The van der Waals surface area contributed by atoms with E-state index < -0.39 is 0 Å². The fraction of sp³-hybridized carbons (Fsp3) is 0.214. The van der Waals surface area contributed by atoms with E-state index in [1.807, 2.05) is 13.0 Å². The van der Waals surface area contributed by atoms with Crippen molar-refractivity contribution in [3.05, 3.63) is 113 Å². The van der Waals surface area contributed by atoms with Gasteiger partial charge in [0.25, 0.3) is 0 Å². The average molecular weight is 369 g/mol. The van der Waals surface area contributed by atoms with E-state index in [1.54, 1.807) is 0 Å². The maximum absolute atomic E-state index is 4.05. The number of hydrogen-bond acceptors (Lipinski definition) is 0. The van der Waals surface area contributed by atoms with Crippen molar-refractivity contribution >= 4 is 16.7 Å². The molecule has 0 N–H and O–H groups in total. The Hall–Kier alpha value is -2.86. The van der Waals surface area contributed by atoms with Crippen LogP contribution in [0.5, 0.6) is 0 Å². The minimum absolute atomic E-state index is 1.10. The summed E-state index contributed by atoms with van der Waals surface area (Å²) in [6.07, 6.45) is 6.24. The predicted octanol–water partition coefficient (Wildman–Crippen LogP) is 8.35. The molecule has 0 aliphatic heterocycles. The highest BCUT2D eigenvalue weighted by molar-refractivity contribution is 5.82. The van der Waals surface area contributed by atoms with E-state index in [9.17, 15) is 0 Å². The molecule has 2 aromatic carbocycles. The van der Waals surface area contributed by atoms with Gasteiger partial charge in [-0.25, -0.2) is 0 Å². The molecular formula is C28H32. The van der Waals surface area contributed by atoms with Crippen molar-refractivity contribution in [2.75, 3.05) is 0 Å². The molecule has 0 nitrogen and oxygen atoms in total. The number of rotatable bonds is 6. The summed E-state index contributed by atoms with van der Waals surface area (Å²) in [7, 11) is 0. The molecule has 0 aliphatic carbocycles. The summed E-state index contributed by atoms with van der Waals surface area (Å²) < 4.78 is 0. The van der Waals surface area contributed by atoms with Gasteiger partial charge in [0.05, 0.1) is 0 Å². The largest absolute Gasteiger partial charge is 0.0990 e. The van der Waals surface area contributed by atoms with E-state index in [0.29, 0.717) is 0 Å². The molecule has 0 saturated carbocycles. The normalized spacial score (nSPS) is 13.2. The molecule has 144 valence electrons. The zero-order valence-corrected chi connectivity index (χ0v) is 18.2. The van der Waals surface area contributed by atoms with Crippen LogP contribution in [0.3, 0.4) is 0 Å². The minimum atomic E-state index is 1.10. The second-order valence-corrected chi connectivity index (χ2v) is 7.63. The van der Waals surface area contributed by atoms with Crippen LogP contribution < -0.4 is 0 Å². The van der Waals surface area contributed by atoms with E-state index in [4.69, 9.17) is 0 Å². The van der Waals surface area contributed by atoms with Crippen molar-refractivity contribution in [1.82, 2.24) is 0 Å². The lowest BCUT2D eigenvalue weighted by Gasteiger charge is -2.13. The van der Waals surface area contributed by atoms with Crippen molar-refractivity contribution < 1.29 is 0 Å². The first-order valence-corrected chi connectivity index (χ1v) is 9.77. The van der Waals surface area contributed by atoms with Gasteiger partial charge in [0.15, 0.2) is 0 Å². The zero-order valence-electron chi connectivity index (χ0n) is 18.2. The van der Waals surface area contributed by atoms with Gasteiger partial charge in [0.1, 0.15) is 0 Å². The van der Waals surface area contributed by atoms with Gasteiger partial charge in [-0.2, -0.15) is 0 Å². The van der Waals surface area contributed by atoms with Crippen LogP contribution in [0.1, 0.15) is 55.5 Å². The molecule has 0 amide bonds. The molecule has 0 heteroatoms. The van der Waals surface area contributed by atoms with Crippen molar-refractivity contribution in [2.24, 2.45) is 0 Å². The lowest BCUT2D eigenvalue weighted by Crippen LogP contribution is -1.92. The van der Waals surface area contributed by atoms with Crippen molar-refractivity contribution in [1.29, 1.82) is 0 Å². The number of allylic oxidation sites excluding steroid dienone is 8. The van der Waals surface area contributed by atoms with Crippen molar-refractivity contribution in [3.8, 4) is 0 Å². The quantitative estimate of drug-likeness (QED) is 0.449. The number of benzene rings is 2. The average Bonchev–Trinajstić information content (AvgIpc) is 2.66. The first-order chi connectivity index (χ1) is 13.2. The Kier molecular flexibility index (Phi) is 7.18. The topological polar surface area (TPSA) is 0 Å². The zero-order chi connectivity index (χ0) is 20.8. The first-order valence-electron chi connectivity index (χ1n) is 9.77. The Morgan fingerprint density at radius 2 is 1.46 bits per heavy atom. The van der Waals surface area contributed by atoms with Crippen LogP contribution in [0.4, 0.5) is 0 Å². The third-order valence-electron chi connectivity index (χ3n) is 5.22. The molecule has 2 aromatic rings. The molecule has 0 bridgehead atoms. The Balaban J connectivity index is 2.45. The van der Waals surface area contributed by atoms with Crippen LogP contribution >= 0.6 is 0 Å². The number of aryl methyl sites for hydroxylation is 2. The molecule has 2 rings (SSSR count). The summed E-state index contributed by atoms with van der Waals surface area (Å²) in [5.41, 5.74) is 12.3. The third kappa shape index (κ3) is 5.10. The highest BCUT2D eigenvalue weighted by Crippen LogP contribution is 2.29. The highest BCUT2D eigenvalue weighted by Gasteiger charge is 2.08. The Labute approximate surface area is 171 Å². The van der Waals surface area contributed by atoms with E-state index in [2.05, 4.69) is 102 Å². The summed E-state index contributed by atoms with van der Waals surface area (Å²) in [5, 5.41) is 0. The van der Waals surface area contributed by atoms with Crippen LogP contribution in [0.25, 0.3) is 16.7 Å². The van der Waals surface area contributed by atoms with E-state index in [-0.39, 0.29) is 0 Å². The summed E-state index contributed by atoms with van der Waals surface area (Å²) in [4.78, 5) is 0. The monoisotopic (exact) mass is 368 g/mol. The number of hydrogen-bond donors (Lipinski definition) is 0. The first kappa shape index (κ1) is 21.4. The van der Waals surface area contributed by atoms with Gasteiger partial charge in [-0.3, -0.25) is 0 Å². The second-order valence-electron chi connectivity index (χ2n) is 7.63. The smallest absolute Gasteiger partial charge is 0.0152 e. The molecule has 0 fully saturated rings. The molecule has 0 heterocycles. The standard InChI is InChI=1S/C28H32/c1-9-10-28(25-13-11-20(4)12-14-25)24(8)21(5)17-22(6)27-16-15-26(19(2)3)18-23(27)7/h9-18H,1-2H2,3-8H3/b22-17+,24-21+,28-10+. The Morgan fingerprint density at radius 1 is 0.857 bits per heavy atom. The molecule has 0 spiro atoms. The molecule has 0 aliphatic rings. The van der Waals surface area contributed by atoms with Gasteiger partial charge in [-0.1, -0.05) is 85.0 Å². The molecule has 0 saturated heterocycles. The van der Waals surface area contributed by atoms with E-state index >= 15 is 0 Å². The summed E-state index contributed by atoms with van der Waals surface area (Å²) >= 11 is 0. The van der Waals surface area contributed by atoms with Gasteiger partial charge >= 0.3 is 0 Å². The third-order valence-corrected chi connectivity index (χ3v) is 5.22. The lowest BCUT2D eigenvalue weighted by molar-refractivity contribution is 1.35. The predicted molar refractivity (Wildman–Crippen MR) is 127 cm³/mol. The molecule has 0 unspecified atom stereocenters. The van der Waals surface area contributed by atoms with Crippen LogP contribution in [-0.4, -0.2) is 0 Å².